The molecule has 0 N–H and O–H groups in total. The molecule has 4 rings (SSSR count). The van der Waals surface area contributed by atoms with Gasteiger partial charge in [-0.05, 0) is 29.8 Å². The highest BCUT2D eigenvalue weighted by atomic mass is 19.4. The van der Waals surface area contributed by atoms with Crippen molar-refractivity contribution in [1.29, 1.82) is 0 Å². The van der Waals surface area contributed by atoms with Crippen LogP contribution < -0.4 is 0 Å². The molecule has 28 heavy (non-hydrogen) atoms. The first-order valence-electron chi connectivity index (χ1n) is 8.39. The van der Waals surface area contributed by atoms with E-state index in [1.165, 1.54) is 6.07 Å². The largest absolute Gasteiger partial charge is 0.433 e. The minimum Gasteiger partial charge on any atom is -0.265 e. The monoisotopic (exact) mass is 378 g/mol. The molecule has 1 aromatic carbocycles. The lowest BCUT2D eigenvalue weighted by Gasteiger charge is -2.11. The second-order valence-electron chi connectivity index (χ2n) is 5.99. The lowest BCUT2D eigenvalue weighted by molar-refractivity contribution is -0.141. The average Bonchev–Trinajstić information content (AvgIpc) is 2.74. The Balaban J connectivity index is 1.83. The number of aromatic nitrogens is 4. The van der Waals surface area contributed by atoms with Crippen molar-refractivity contribution in [3.05, 3.63) is 85.1 Å². The van der Waals surface area contributed by atoms with Crippen LogP contribution in [0.2, 0.25) is 0 Å². The van der Waals surface area contributed by atoms with E-state index < -0.39 is 11.9 Å². The number of pyridine rings is 2. The molecule has 3 aromatic heterocycles. The van der Waals surface area contributed by atoms with Gasteiger partial charge in [0.2, 0.25) is 0 Å². The summed E-state index contributed by atoms with van der Waals surface area (Å²) in [4.78, 5) is 16.5. The highest BCUT2D eigenvalue weighted by molar-refractivity contribution is 5.81. The van der Waals surface area contributed by atoms with Crippen LogP contribution in [-0.4, -0.2) is 19.9 Å². The number of hydrogen-bond acceptors (Lipinski definition) is 4. The molecular formula is C21H13F3N4. The van der Waals surface area contributed by atoms with Crippen molar-refractivity contribution in [2.45, 2.75) is 6.18 Å². The van der Waals surface area contributed by atoms with Crippen LogP contribution in [0.1, 0.15) is 5.69 Å². The van der Waals surface area contributed by atoms with E-state index in [4.69, 9.17) is 0 Å². The summed E-state index contributed by atoms with van der Waals surface area (Å²) >= 11 is 0. The molecule has 0 fully saturated rings. The van der Waals surface area contributed by atoms with Gasteiger partial charge in [-0.15, -0.1) is 0 Å². The third kappa shape index (κ3) is 3.59. The predicted octanol–water partition coefficient (Wildman–Crippen LogP) is 5.29. The van der Waals surface area contributed by atoms with Gasteiger partial charge in [0.1, 0.15) is 5.69 Å². The SMILES string of the molecule is FC(F)(F)c1ccc(-c2ncc(-c3ccncc3)c(-c3ccccc3)n2)cn1. The maximum Gasteiger partial charge on any atom is 0.433 e. The van der Waals surface area contributed by atoms with E-state index >= 15 is 0 Å². The van der Waals surface area contributed by atoms with E-state index in [0.717, 1.165) is 29.0 Å². The molecule has 0 unspecified atom stereocenters. The summed E-state index contributed by atoms with van der Waals surface area (Å²) in [5.41, 5.74) is 2.71. The Morgan fingerprint density at radius 3 is 2.07 bits per heavy atom. The quantitative estimate of drug-likeness (QED) is 0.486. The van der Waals surface area contributed by atoms with Crippen LogP contribution in [-0.2, 0) is 6.18 Å². The molecule has 0 bridgehead atoms. The number of alkyl halides is 3. The van der Waals surface area contributed by atoms with E-state index in [9.17, 15) is 13.2 Å². The Morgan fingerprint density at radius 2 is 1.43 bits per heavy atom. The normalized spacial score (nSPS) is 11.4. The van der Waals surface area contributed by atoms with Gasteiger partial charge in [0.05, 0.1) is 5.69 Å². The van der Waals surface area contributed by atoms with Gasteiger partial charge in [-0.2, -0.15) is 13.2 Å². The smallest absolute Gasteiger partial charge is 0.265 e. The number of halogens is 3. The van der Waals surface area contributed by atoms with E-state index in [-0.39, 0.29) is 0 Å². The lowest BCUT2D eigenvalue weighted by Crippen LogP contribution is -2.07. The van der Waals surface area contributed by atoms with Gasteiger partial charge in [0.25, 0.3) is 0 Å². The summed E-state index contributed by atoms with van der Waals surface area (Å²) in [7, 11) is 0. The third-order valence-electron chi connectivity index (χ3n) is 4.14. The first kappa shape index (κ1) is 17.8. The fourth-order valence-electron chi connectivity index (χ4n) is 2.77. The number of benzene rings is 1. The Bertz CT molecular complexity index is 1080. The van der Waals surface area contributed by atoms with Gasteiger partial charge in [-0.1, -0.05) is 30.3 Å². The minimum absolute atomic E-state index is 0.304. The first-order valence-corrected chi connectivity index (χ1v) is 8.39. The van der Waals surface area contributed by atoms with Crippen molar-refractivity contribution in [3.63, 3.8) is 0 Å². The summed E-state index contributed by atoms with van der Waals surface area (Å²) in [5.74, 6) is 0.304. The van der Waals surface area contributed by atoms with E-state index in [0.29, 0.717) is 17.1 Å². The summed E-state index contributed by atoms with van der Waals surface area (Å²) in [6.07, 6.45) is 1.67. The molecule has 0 amide bonds. The van der Waals surface area contributed by atoms with Crippen LogP contribution in [0.15, 0.2) is 79.4 Å². The second-order valence-corrected chi connectivity index (χ2v) is 5.99. The van der Waals surface area contributed by atoms with Gasteiger partial charge < -0.3 is 0 Å². The number of hydrogen-bond donors (Lipinski definition) is 0. The molecule has 7 heteroatoms. The molecular weight excluding hydrogens is 365 g/mol. The van der Waals surface area contributed by atoms with Crippen molar-refractivity contribution < 1.29 is 13.2 Å². The highest BCUT2D eigenvalue weighted by Crippen LogP contribution is 2.32. The zero-order chi connectivity index (χ0) is 19.6. The molecule has 0 aliphatic rings. The van der Waals surface area contributed by atoms with Crippen LogP contribution >= 0.6 is 0 Å². The molecule has 0 atom stereocenters. The van der Waals surface area contributed by atoms with Crippen LogP contribution in [0.25, 0.3) is 33.8 Å². The molecule has 0 aliphatic heterocycles. The van der Waals surface area contributed by atoms with Crippen LogP contribution in [0, 0.1) is 0 Å². The van der Waals surface area contributed by atoms with E-state index in [1.54, 1.807) is 18.6 Å². The Morgan fingerprint density at radius 1 is 0.679 bits per heavy atom. The van der Waals surface area contributed by atoms with Crippen LogP contribution in [0.3, 0.4) is 0 Å². The number of rotatable bonds is 3. The highest BCUT2D eigenvalue weighted by Gasteiger charge is 2.32. The van der Waals surface area contributed by atoms with Gasteiger partial charge in [0, 0.05) is 41.5 Å². The average molecular weight is 378 g/mol. The van der Waals surface area contributed by atoms with Crippen molar-refractivity contribution in [1.82, 2.24) is 19.9 Å². The van der Waals surface area contributed by atoms with Gasteiger partial charge in [0.15, 0.2) is 5.82 Å². The zero-order valence-corrected chi connectivity index (χ0v) is 14.4. The molecule has 4 aromatic rings. The topological polar surface area (TPSA) is 51.6 Å². The Labute approximate surface area is 158 Å². The standard InChI is InChI=1S/C21H13F3N4/c22-21(23,24)18-7-6-16(12-26-18)20-27-13-17(14-8-10-25-11-9-14)19(28-20)15-4-2-1-3-5-15/h1-13H. The van der Waals surface area contributed by atoms with Gasteiger partial charge in [-0.3, -0.25) is 9.97 Å². The summed E-state index contributed by atoms with van der Waals surface area (Å²) in [6, 6.07) is 15.5. The fourth-order valence-corrected chi connectivity index (χ4v) is 2.77. The molecule has 4 nitrogen and oxygen atoms in total. The summed E-state index contributed by atoms with van der Waals surface area (Å²) < 4.78 is 38.2. The summed E-state index contributed by atoms with van der Waals surface area (Å²) in [5, 5.41) is 0. The lowest BCUT2D eigenvalue weighted by atomic mass is 10.0. The molecule has 0 aliphatic carbocycles. The summed E-state index contributed by atoms with van der Waals surface area (Å²) in [6.45, 7) is 0. The maximum atomic E-state index is 12.7. The maximum absolute atomic E-state index is 12.7. The van der Waals surface area contributed by atoms with Crippen LogP contribution in [0.4, 0.5) is 13.2 Å². The van der Waals surface area contributed by atoms with Crippen molar-refractivity contribution in [3.8, 4) is 33.8 Å². The second kappa shape index (κ2) is 7.19. The molecule has 0 saturated heterocycles. The molecule has 3 heterocycles. The van der Waals surface area contributed by atoms with Crippen molar-refractivity contribution in [2.75, 3.05) is 0 Å². The van der Waals surface area contributed by atoms with Crippen molar-refractivity contribution in [2.24, 2.45) is 0 Å². The third-order valence-corrected chi connectivity index (χ3v) is 4.14. The molecule has 0 spiro atoms. The minimum atomic E-state index is -4.49. The van der Waals surface area contributed by atoms with E-state index in [2.05, 4.69) is 19.9 Å². The zero-order valence-electron chi connectivity index (χ0n) is 14.4. The molecule has 0 radical (unpaired) electrons. The molecule has 0 saturated carbocycles. The van der Waals surface area contributed by atoms with E-state index in [1.807, 2.05) is 42.5 Å². The predicted molar refractivity (Wildman–Crippen MR) is 98.9 cm³/mol. The fraction of sp³-hybridized carbons (Fsp3) is 0.0476. The first-order chi connectivity index (χ1) is 13.5. The van der Waals surface area contributed by atoms with Crippen LogP contribution in [0.5, 0.6) is 0 Å². The molecule has 138 valence electrons. The number of nitrogens with zero attached hydrogens (tertiary/aromatic N) is 4. The van der Waals surface area contributed by atoms with Crippen molar-refractivity contribution >= 4 is 0 Å². The Kier molecular flexibility index (Phi) is 4.57. The van der Waals surface area contributed by atoms with Gasteiger partial charge >= 0.3 is 6.18 Å². The van der Waals surface area contributed by atoms with Gasteiger partial charge in [-0.25, -0.2) is 9.97 Å². The Hall–Kier alpha value is -3.61.